The molecule has 3 aromatic rings. The number of fused-ring (bicyclic) bond motifs is 6. The van der Waals surface area contributed by atoms with E-state index < -0.39 is 36.0 Å². The third-order valence-electron chi connectivity index (χ3n) is 7.09. The lowest BCUT2D eigenvalue weighted by Gasteiger charge is -2.35. The summed E-state index contributed by atoms with van der Waals surface area (Å²) in [5.74, 6) is -1.96. The molecule has 0 bridgehead atoms. The number of carbonyl (C=O) groups excluding carboxylic acids is 2. The van der Waals surface area contributed by atoms with E-state index in [1.165, 1.54) is 16.7 Å². The maximum atomic E-state index is 13.7. The van der Waals surface area contributed by atoms with Crippen molar-refractivity contribution >= 4 is 22.8 Å². The number of benzene rings is 1. The van der Waals surface area contributed by atoms with E-state index in [-0.39, 0.29) is 60.7 Å². The van der Waals surface area contributed by atoms with E-state index in [4.69, 9.17) is 15.2 Å². The lowest BCUT2D eigenvalue weighted by Crippen LogP contribution is -2.47. The number of nitrogens with two attached hydrogens (primary N) is 1. The van der Waals surface area contributed by atoms with E-state index in [0.717, 1.165) is 0 Å². The van der Waals surface area contributed by atoms with Crippen LogP contribution in [-0.2, 0) is 44.4 Å². The van der Waals surface area contributed by atoms with Gasteiger partial charge >= 0.3 is 18.2 Å². The van der Waals surface area contributed by atoms with Crippen LogP contribution in [0.2, 0.25) is 0 Å². The summed E-state index contributed by atoms with van der Waals surface area (Å²) in [4.78, 5) is 43.6. The van der Waals surface area contributed by atoms with E-state index in [1.807, 2.05) is 0 Å². The third-order valence-corrected chi connectivity index (χ3v) is 7.09. The first-order chi connectivity index (χ1) is 18.1. The van der Waals surface area contributed by atoms with Gasteiger partial charge in [-0.05, 0) is 24.1 Å². The van der Waals surface area contributed by atoms with E-state index in [0.29, 0.717) is 27.9 Å². The first kappa shape index (κ1) is 24.2. The van der Waals surface area contributed by atoms with Crippen LogP contribution in [0, 0.1) is 0 Å². The number of rotatable bonds is 5. The van der Waals surface area contributed by atoms with Crippen molar-refractivity contribution in [3.63, 3.8) is 0 Å². The minimum absolute atomic E-state index is 0.00434. The second-order valence-electron chi connectivity index (χ2n) is 9.14. The molecule has 3 N–H and O–H groups in total. The molecule has 0 fully saturated rings. The van der Waals surface area contributed by atoms with Crippen molar-refractivity contribution in [2.45, 2.75) is 51.4 Å². The molecule has 3 aliphatic rings. The van der Waals surface area contributed by atoms with Gasteiger partial charge in [0, 0.05) is 29.1 Å². The zero-order valence-corrected chi connectivity index (χ0v) is 20.0. The van der Waals surface area contributed by atoms with Crippen LogP contribution in [0.15, 0.2) is 23.0 Å². The Labute approximate surface area is 212 Å². The molecular formula is C25H21F2N3O8. The molecule has 13 heteroatoms. The molecule has 0 spiro atoms. The van der Waals surface area contributed by atoms with Gasteiger partial charge in [-0.2, -0.15) is 0 Å². The van der Waals surface area contributed by atoms with Crippen LogP contribution >= 0.6 is 0 Å². The van der Waals surface area contributed by atoms with Crippen LogP contribution in [0.5, 0.6) is 11.5 Å². The number of cyclic esters (lactones) is 1. The molecule has 38 heavy (non-hydrogen) atoms. The largest absolute Gasteiger partial charge is 0.586 e. The molecule has 198 valence electrons. The predicted octanol–water partition coefficient (Wildman–Crippen LogP) is 1.79. The second-order valence-corrected chi connectivity index (χ2v) is 9.14. The number of halogens is 2. The van der Waals surface area contributed by atoms with Gasteiger partial charge < -0.3 is 34.4 Å². The molecule has 2 aromatic heterocycles. The van der Waals surface area contributed by atoms with E-state index in [9.17, 15) is 28.3 Å². The van der Waals surface area contributed by atoms with Gasteiger partial charge in [0.2, 0.25) is 5.60 Å². The zero-order valence-electron chi connectivity index (χ0n) is 20.0. The number of hydrogen-bond donors (Lipinski definition) is 2. The van der Waals surface area contributed by atoms with Crippen molar-refractivity contribution in [3.05, 3.63) is 50.8 Å². The zero-order chi connectivity index (χ0) is 27.0. The number of aliphatic hydroxyl groups excluding tert-OH is 1. The van der Waals surface area contributed by atoms with Crippen molar-refractivity contribution in [2.24, 2.45) is 5.73 Å². The summed E-state index contributed by atoms with van der Waals surface area (Å²) >= 11 is 0. The summed E-state index contributed by atoms with van der Waals surface area (Å²) in [7, 11) is 0. The summed E-state index contributed by atoms with van der Waals surface area (Å²) in [6.45, 7) is 0.875. The highest BCUT2D eigenvalue weighted by Gasteiger charge is 2.50. The number of carbonyl (C=O) groups is 2. The van der Waals surface area contributed by atoms with Gasteiger partial charge in [-0.25, -0.2) is 9.78 Å². The highest BCUT2D eigenvalue weighted by atomic mass is 19.3. The average Bonchev–Trinajstić information content (AvgIpc) is 3.38. The SMILES string of the molecule is CCC1(OC(=O)CCN)C(=O)OCc2c1cc1n(c2=O)Cc2c-1nc1cc3c(cc1c2CO)OC(F)(F)O3. The van der Waals surface area contributed by atoms with Crippen molar-refractivity contribution < 1.29 is 42.4 Å². The quantitative estimate of drug-likeness (QED) is 0.366. The Hall–Kier alpha value is -4.10. The molecule has 5 heterocycles. The van der Waals surface area contributed by atoms with Crippen LogP contribution in [0.3, 0.4) is 0 Å². The molecule has 0 amide bonds. The van der Waals surface area contributed by atoms with E-state index in [1.54, 1.807) is 13.0 Å². The number of aromatic nitrogens is 2. The van der Waals surface area contributed by atoms with Crippen LogP contribution in [0.1, 0.15) is 42.0 Å². The Bertz CT molecular complexity index is 1620. The van der Waals surface area contributed by atoms with Crippen LogP contribution in [0.4, 0.5) is 8.78 Å². The molecular weight excluding hydrogens is 508 g/mol. The van der Waals surface area contributed by atoms with Gasteiger partial charge in [-0.15, -0.1) is 8.78 Å². The van der Waals surface area contributed by atoms with Crippen LogP contribution < -0.4 is 20.8 Å². The Kier molecular flexibility index (Phi) is 5.23. The highest BCUT2D eigenvalue weighted by molar-refractivity contribution is 5.91. The summed E-state index contributed by atoms with van der Waals surface area (Å²) in [5.41, 5.74) is 5.19. The normalized spacial score (nSPS) is 20.1. The summed E-state index contributed by atoms with van der Waals surface area (Å²) < 4.78 is 48.7. The molecule has 1 aromatic carbocycles. The fraction of sp³-hybridized carbons (Fsp3) is 0.360. The fourth-order valence-electron chi connectivity index (χ4n) is 5.31. The monoisotopic (exact) mass is 529 g/mol. The molecule has 11 nitrogen and oxygen atoms in total. The molecule has 6 rings (SSSR count). The summed E-state index contributed by atoms with van der Waals surface area (Å²) in [6, 6.07) is 4.14. The Morgan fingerprint density at radius 1 is 1.21 bits per heavy atom. The number of aliphatic hydroxyl groups is 1. The van der Waals surface area contributed by atoms with Crippen molar-refractivity contribution in [3.8, 4) is 22.9 Å². The molecule has 3 aliphatic heterocycles. The van der Waals surface area contributed by atoms with Gasteiger partial charge in [-0.3, -0.25) is 9.59 Å². The van der Waals surface area contributed by atoms with Crippen LogP contribution in [-0.4, -0.2) is 39.4 Å². The van der Waals surface area contributed by atoms with Gasteiger partial charge in [0.25, 0.3) is 5.56 Å². The minimum Gasteiger partial charge on any atom is -0.457 e. The van der Waals surface area contributed by atoms with Crippen LogP contribution in [0.25, 0.3) is 22.3 Å². The first-order valence-electron chi connectivity index (χ1n) is 11.8. The molecule has 0 saturated heterocycles. The Balaban J connectivity index is 1.57. The van der Waals surface area contributed by atoms with Gasteiger partial charge in [0.15, 0.2) is 11.5 Å². The van der Waals surface area contributed by atoms with Crippen molar-refractivity contribution in [2.75, 3.05) is 6.54 Å². The number of hydrogen-bond acceptors (Lipinski definition) is 10. The summed E-state index contributed by atoms with van der Waals surface area (Å²) in [5, 5.41) is 10.6. The number of alkyl halides is 2. The first-order valence-corrected chi connectivity index (χ1v) is 11.8. The molecule has 0 radical (unpaired) electrons. The topological polar surface area (TPSA) is 152 Å². The lowest BCUT2D eigenvalue weighted by molar-refractivity contribution is -0.286. The second kappa shape index (κ2) is 8.20. The Morgan fingerprint density at radius 2 is 1.95 bits per heavy atom. The lowest BCUT2D eigenvalue weighted by atomic mass is 9.85. The maximum absolute atomic E-state index is 13.7. The molecule has 1 unspecified atom stereocenters. The van der Waals surface area contributed by atoms with E-state index >= 15 is 0 Å². The minimum atomic E-state index is -3.83. The highest BCUT2D eigenvalue weighted by Crippen LogP contribution is 2.46. The average molecular weight is 529 g/mol. The van der Waals surface area contributed by atoms with Gasteiger partial charge in [-0.1, -0.05) is 6.92 Å². The van der Waals surface area contributed by atoms with Crippen molar-refractivity contribution in [1.29, 1.82) is 0 Å². The van der Waals surface area contributed by atoms with Crippen molar-refractivity contribution in [1.82, 2.24) is 9.55 Å². The third kappa shape index (κ3) is 3.31. The maximum Gasteiger partial charge on any atom is 0.586 e. The summed E-state index contributed by atoms with van der Waals surface area (Å²) in [6.07, 6.45) is -3.98. The van der Waals surface area contributed by atoms with E-state index in [2.05, 4.69) is 14.5 Å². The molecule has 1 atom stereocenters. The van der Waals surface area contributed by atoms with Gasteiger partial charge in [0.05, 0.1) is 42.0 Å². The van der Waals surface area contributed by atoms with Gasteiger partial charge in [0.1, 0.15) is 6.61 Å². The Morgan fingerprint density at radius 3 is 2.63 bits per heavy atom. The molecule has 0 saturated carbocycles. The predicted molar refractivity (Wildman–Crippen MR) is 124 cm³/mol. The fourth-order valence-corrected chi connectivity index (χ4v) is 5.31. The standard InChI is InChI=1S/C25H21F2N3O8/c1-2-24(38-20(32)3-4-28)15-6-17-21-12(8-30(17)22(33)14(15)10-35-23(24)34)13(9-31)11-5-18-19(7-16(11)29-21)37-25(26,27)36-18/h5-7,31H,2-4,8-10,28H2,1H3. The number of ether oxygens (including phenoxy) is 4. The number of esters is 2. The molecule has 0 aliphatic carbocycles. The number of nitrogens with zero attached hydrogens (tertiary/aromatic N) is 2. The smallest absolute Gasteiger partial charge is 0.457 e. The number of pyridine rings is 2.